The smallest absolute Gasteiger partial charge is 0.242 e. The van der Waals surface area contributed by atoms with Gasteiger partial charge in [0.25, 0.3) is 0 Å². The maximum atomic E-state index is 13.0. The Bertz CT molecular complexity index is 669. The van der Waals surface area contributed by atoms with E-state index in [9.17, 15) is 4.79 Å². The Morgan fingerprint density at radius 1 is 0.962 bits per heavy atom. The fraction of sp³-hybridized carbons (Fsp3) is 0.409. The van der Waals surface area contributed by atoms with Crippen LogP contribution in [0.1, 0.15) is 43.5 Å². The van der Waals surface area contributed by atoms with Crippen LogP contribution in [-0.2, 0) is 22.7 Å². The Labute approximate surface area is 157 Å². The predicted molar refractivity (Wildman–Crippen MR) is 106 cm³/mol. The van der Waals surface area contributed by atoms with Crippen molar-refractivity contribution in [3.8, 4) is 0 Å². The first-order chi connectivity index (χ1) is 12.7. The normalized spacial score (nSPS) is 12.2. The van der Waals surface area contributed by atoms with Crippen molar-refractivity contribution in [1.29, 1.82) is 0 Å². The monoisotopic (exact) mass is 354 g/mol. The van der Waals surface area contributed by atoms with E-state index in [0.717, 1.165) is 29.8 Å². The molecule has 0 fully saturated rings. The zero-order valence-corrected chi connectivity index (χ0v) is 16.1. The fourth-order valence-corrected chi connectivity index (χ4v) is 3.11. The van der Waals surface area contributed by atoms with Crippen LogP contribution in [0.3, 0.4) is 0 Å². The Hall–Kier alpha value is -2.17. The average molecular weight is 354 g/mol. The van der Waals surface area contributed by atoms with Crippen molar-refractivity contribution < 1.29 is 9.53 Å². The molecule has 0 aliphatic carbocycles. The summed E-state index contributed by atoms with van der Waals surface area (Å²) < 4.78 is 5.54. The van der Waals surface area contributed by atoms with Crippen LogP contribution < -0.4 is 5.32 Å². The predicted octanol–water partition coefficient (Wildman–Crippen LogP) is 3.92. The van der Waals surface area contributed by atoms with Gasteiger partial charge in [-0.1, -0.05) is 68.4 Å². The molecule has 0 aliphatic heterocycles. The van der Waals surface area contributed by atoms with Crippen LogP contribution in [0, 0.1) is 0 Å². The van der Waals surface area contributed by atoms with Crippen molar-refractivity contribution in [3.05, 3.63) is 71.3 Å². The zero-order valence-electron chi connectivity index (χ0n) is 16.1. The fourth-order valence-electron chi connectivity index (χ4n) is 3.11. The minimum absolute atomic E-state index is 0.0334. The van der Waals surface area contributed by atoms with Crippen molar-refractivity contribution in [2.24, 2.45) is 0 Å². The Morgan fingerprint density at radius 3 is 2.19 bits per heavy atom. The van der Waals surface area contributed by atoms with Crippen molar-refractivity contribution in [3.63, 3.8) is 0 Å². The lowest BCUT2D eigenvalue weighted by Crippen LogP contribution is -2.40. The summed E-state index contributed by atoms with van der Waals surface area (Å²) in [4.78, 5) is 15.2. The summed E-state index contributed by atoms with van der Waals surface area (Å²) in [6.07, 6.45) is 0. The maximum absolute atomic E-state index is 13.0. The summed E-state index contributed by atoms with van der Waals surface area (Å²) in [6.45, 7) is 9.56. The number of likely N-dealkylation sites (N-methyl/N-ethyl adjacent to an activating group) is 1. The molecule has 26 heavy (non-hydrogen) atoms. The number of hydrogen-bond donors (Lipinski definition) is 1. The second-order valence-corrected chi connectivity index (χ2v) is 6.16. The number of carbonyl (C=O) groups is 1. The number of benzene rings is 2. The van der Waals surface area contributed by atoms with Crippen molar-refractivity contribution >= 4 is 5.91 Å². The van der Waals surface area contributed by atoms with Gasteiger partial charge in [0.1, 0.15) is 6.04 Å². The second-order valence-electron chi connectivity index (χ2n) is 6.16. The molecule has 0 heterocycles. The molecule has 2 rings (SSSR count). The lowest BCUT2D eigenvalue weighted by molar-refractivity contribution is -0.126. The minimum Gasteiger partial charge on any atom is -0.377 e. The van der Waals surface area contributed by atoms with Crippen LogP contribution >= 0.6 is 0 Å². The third kappa shape index (κ3) is 5.41. The molecule has 0 saturated carbocycles. The van der Waals surface area contributed by atoms with Gasteiger partial charge in [0.05, 0.1) is 6.61 Å². The molecule has 0 saturated heterocycles. The molecule has 0 spiro atoms. The van der Waals surface area contributed by atoms with E-state index in [1.165, 1.54) is 0 Å². The van der Waals surface area contributed by atoms with Crippen LogP contribution in [0.25, 0.3) is 0 Å². The third-order valence-corrected chi connectivity index (χ3v) is 4.57. The number of hydrogen-bond acceptors (Lipinski definition) is 3. The molecule has 4 nitrogen and oxygen atoms in total. The van der Waals surface area contributed by atoms with Crippen molar-refractivity contribution in [2.75, 3.05) is 19.7 Å². The summed E-state index contributed by atoms with van der Waals surface area (Å²) in [5, 5.41) is 3.13. The van der Waals surface area contributed by atoms with E-state index in [1.807, 2.05) is 55.5 Å². The minimum atomic E-state index is -0.273. The van der Waals surface area contributed by atoms with Gasteiger partial charge in [-0.15, -0.1) is 0 Å². The number of nitrogens with one attached hydrogen (secondary N) is 1. The van der Waals surface area contributed by atoms with Gasteiger partial charge in [-0.25, -0.2) is 0 Å². The number of rotatable bonds is 10. The number of carbonyl (C=O) groups excluding carboxylic acids is 1. The first-order valence-corrected chi connectivity index (χ1v) is 9.42. The molecule has 140 valence electrons. The highest BCUT2D eigenvalue weighted by Gasteiger charge is 2.25. The highest BCUT2D eigenvalue weighted by Crippen LogP contribution is 2.21. The molecule has 0 aliphatic rings. The van der Waals surface area contributed by atoms with Gasteiger partial charge in [0.15, 0.2) is 0 Å². The lowest BCUT2D eigenvalue weighted by Gasteiger charge is -2.29. The van der Waals surface area contributed by atoms with E-state index < -0.39 is 0 Å². The van der Waals surface area contributed by atoms with E-state index in [0.29, 0.717) is 19.8 Å². The second kappa shape index (κ2) is 10.7. The first kappa shape index (κ1) is 20.1. The van der Waals surface area contributed by atoms with E-state index in [1.54, 1.807) is 0 Å². The number of amides is 1. The summed E-state index contributed by atoms with van der Waals surface area (Å²) in [6, 6.07) is 17.8. The molecule has 1 N–H and O–H groups in total. The summed E-state index contributed by atoms with van der Waals surface area (Å²) in [5.41, 5.74) is 3.24. The molecule has 0 bridgehead atoms. The maximum Gasteiger partial charge on any atom is 0.242 e. The standard InChI is InChI=1S/C22H30N2O2/c1-4-24(5-2)21(18-12-8-7-9-13-18)22(25)23-16-19-14-10-11-15-20(19)17-26-6-3/h7-15,21H,4-6,16-17H2,1-3H3,(H,23,25). The molecule has 4 heteroatoms. The topological polar surface area (TPSA) is 41.6 Å². The van der Waals surface area contributed by atoms with Crippen LogP contribution in [0.2, 0.25) is 0 Å². The van der Waals surface area contributed by atoms with Crippen LogP contribution in [0.5, 0.6) is 0 Å². The Morgan fingerprint density at radius 2 is 1.58 bits per heavy atom. The van der Waals surface area contributed by atoms with E-state index in [-0.39, 0.29) is 11.9 Å². The van der Waals surface area contributed by atoms with Gasteiger partial charge in [-0.3, -0.25) is 9.69 Å². The SMILES string of the molecule is CCOCc1ccccc1CNC(=O)C(c1ccccc1)N(CC)CC. The number of nitrogens with zero attached hydrogens (tertiary/aromatic N) is 1. The van der Waals surface area contributed by atoms with Gasteiger partial charge >= 0.3 is 0 Å². The van der Waals surface area contributed by atoms with Gasteiger partial charge in [-0.05, 0) is 36.7 Å². The van der Waals surface area contributed by atoms with Crippen LogP contribution in [0.15, 0.2) is 54.6 Å². The molecule has 1 unspecified atom stereocenters. The van der Waals surface area contributed by atoms with E-state index in [4.69, 9.17) is 4.74 Å². The highest BCUT2D eigenvalue weighted by atomic mass is 16.5. The molecule has 0 aromatic heterocycles. The van der Waals surface area contributed by atoms with Crippen molar-refractivity contribution in [2.45, 2.75) is 40.0 Å². The largest absolute Gasteiger partial charge is 0.377 e. The van der Waals surface area contributed by atoms with Gasteiger partial charge in [0, 0.05) is 13.2 Å². The first-order valence-electron chi connectivity index (χ1n) is 9.42. The average Bonchev–Trinajstić information content (AvgIpc) is 2.69. The third-order valence-electron chi connectivity index (χ3n) is 4.57. The van der Waals surface area contributed by atoms with Crippen LogP contribution in [0.4, 0.5) is 0 Å². The summed E-state index contributed by atoms with van der Waals surface area (Å²) in [7, 11) is 0. The van der Waals surface area contributed by atoms with Crippen LogP contribution in [-0.4, -0.2) is 30.5 Å². The van der Waals surface area contributed by atoms with Gasteiger partial charge in [0.2, 0.25) is 5.91 Å². The molecule has 1 amide bonds. The molecule has 0 radical (unpaired) electrons. The van der Waals surface area contributed by atoms with Gasteiger partial charge < -0.3 is 10.1 Å². The Balaban J connectivity index is 2.13. The quantitative estimate of drug-likeness (QED) is 0.703. The lowest BCUT2D eigenvalue weighted by atomic mass is 10.0. The summed E-state index contributed by atoms with van der Waals surface area (Å²) >= 11 is 0. The summed E-state index contributed by atoms with van der Waals surface area (Å²) in [5.74, 6) is 0.0334. The zero-order chi connectivity index (χ0) is 18.8. The van der Waals surface area contributed by atoms with E-state index in [2.05, 4.69) is 30.1 Å². The number of ether oxygens (including phenoxy) is 1. The Kier molecular flexibility index (Phi) is 8.32. The van der Waals surface area contributed by atoms with Gasteiger partial charge in [-0.2, -0.15) is 0 Å². The molecule has 2 aromatic rings. The molecule has 1 atom stereocenters. The van der Waals surface area contributed by atoms with E-state index >= 15 is 0 Å². The molecular formula is C22H30N2O2. The highest BCUT2D eigenvalue weighted by molar-refractivity contribution is 5.83. The van der Waals surface area contributed by atoms with Crippen molar-refractivity contribution in [1.82, 2.24) is 10.2 Å². The molecular weight excluding hydrogens is 324 g/mol. The molecule has 2 aromatic carbocycles.